The third-order valence-electron chi connectivity index (χ3n) is 2.46. The van der Waals surface area contributed by atoms with Crippen LogP contribution in [0, 0.1) is 11.6 Å². The van der Waals surface area contributed by atoms with Crippen molar-refractivity contribution < 1.29 is 26.7 Å². The highest BCUT2D eigenvalue weighted by Gasteiger charge is 2.21. The van der Waals surface area contributed by atoms with E-state index in [4.69, 9.17) is 0 Å². The van der Waals surface area contributed by atoms with Gasteiger partial charge in [0.2, 0.25) is 0 Å². The molecule has 0 aliphatic carbocycles. The minimum atomic E-state index is -4.33. The minimum Gasteiger partial charge on any atom is -0.468 e. The summed E-state index contributed by atoms with van der Waals surface area (Å²) in [6.07, 6.45) is 1.09. The van der Waals surface area contributed by atoms with Gasteiger partial charge in [-0.3, -0.25) is 4.79 Å². The Balaban J connectivity index is 2.20. The minimum absolute atomic E-state index is 0.268. The predicted molar refractivity (Wildman–Crippen MR) is 69.2 cm³/mol. The molecule has 1 N–H and O–H groups in total. The Hall–Kier alpha value is -2.56. The zero-order chi connectivity index (χ0) is 16.3. The fourth-order valence-corrected chi connectivity index (χ4v) is 2.49. The van der Waals surface area contributed by atoms with Gasteiger partial charge in [0.1, 0.15) is 29.4 Å². The zero-order valence-electron chi connectivity index (χ0n) is 11.2. The summed E-state index contributed by atoms with van der Waals surface area (Å²) in [6, 6.07) is 2.03. The topological polar surface area (TPSA) is 103 Å². The molecule has 0 saturated heterocycles. The number of carbonyl (C=O) groups excluding carboxylic acids is 1. The Morgan fingerprint density at radius 2 is 2.14 bits per heavy atom. The number of benzene rings is 1. The molecule has 0 bridgehead atoms. The van der Waals surface area contributed by atoms with Crippen molar-refractivity contribution in [3.8, 4) is 0 Å². The van der Waals surface area contributed by atoms with E-state index in [9.17, 15) is 22.0 Å². The van der Waals surface area contributed by atoms with Crippen LogP contribution in [0.2, 0.25) is 0 Å². The molecule has 0 unspecified atom stereocenters. The summed E-state index contributed by atoms with van der Waals surface area (Å²) in [4.78, 5) is 13.9. The molecule has 11 heteroatoms. The third-order valence-corrected chi connectivity index (χ3v) is 3.83. The van der Waals surface area contributed by atoms with Gasteiger partial charge >= 0.3 is 5.97 Å². The van der Waals surface area contributed by atoms with Crippen molar-refractivity contribution in [2.24, 2.45) is 0 Å². The highest BCUT2D eigenvalue weighted by Crippen LogP contribution is 2.17. The average molecular weight is 332 g/mol. The second-order valence-corrected chi connectivity index (χ2v) is 5.67. The molecule has 1 aromatic heterocycles. The van der Waals surface area contributed by atoms with Gasteiger partial charge in [0, 0.05) is 6.07 Å². The average Bonchev–Trinajstić information content (AvgIpc) is 2.84. The Labute approximate surface area is 123 Å². The number of ether oxygens (including phenoxy) is 1. The first-order valence-corrected chi connectivity index (χ1v) is 7.24. The number of carbonyl (C=O) groups is 1. The van der Waals surface area contributed by atoms with Crippen LogP contribution in [0.15, 0.2) is 29.4 Å². The molecular weight excluding hydrogens is 322 g/mol. The maximum Gasteiger partial charge on any atom is 0.327 e. The van der Waals surface area contributed by atoms with Crippen molar-refractivity contribution in [2.45, 2.75) is 11.4 Å². The van der Waals surface area contributed by atoms with Crippen molar-refractivity contribution in [1.29, 1.82) is 0 Å². The van der Waals surface area contributed by atoms with Crippen LogP contribution in [-0.4, -0.2) is 36.3 Å². The van der Waals surface area contributed by atoms with Crippen molar-refractivity contribution >= 4 is 21.9 Å². The van der Waals surface area contributed by atoms with Gasteiger partial charge < -0.3 is 4.74 Å². The van der Waals surface area contributed by atoms with Crippen LogP contribution in [-0.2, 0) is 26.1 Å². The maximum absolute atomic E-state index is 13.5. The molecule has 1 heterocycles. The molecule has 1 aromatic carbocycles. The first-order chi connectivity index (χ1) is 10.3. The van der Waals surface area contributed by atoms with E-state index in [-0.39, 0.29) is 12.5 Å². The van der Waals surface area contributed by atoms with Crippen LogP contribution >= 0.6 is 0 Å². The molecule has 2 aromatic rings. The lowest BCUT2D eigenvalue weighted by Crippen LogP contribution is -2.16. The van der Waals surface area contributed by atoms with Gasteiger partial charge in [0.15, 0.2) is 0 Å². The largest absolute Gasteiger partial charge is 0.468 e. The summed E-state index contributed by atoms with van der Waals surface area (Å²) in [5.74, 6) is -3.13. The van der Waals surface area contributed by atoms with Gasteiger partial charge in [-0.25, -0.2) is 26.6 Å². The van der Waals surface area contributed by atoms with Crippen LogP contribution in [0.3, 0.4) is 0 Å². The van der Waals surface area contributed by atoms with Gasteiger partial charge in [-0.05, 0) is 12.1 Å². The smallest absolute Gasteiger partial charge is 0.327 e. The number of rotatable bonds is 5. The molecule has 0 fully saturated rings. The van der Waals surface area contributed by atoms with Gasteiger partial charge in [-0.1, -0.05) is 0 Å². The number of nitrogens with zero attached hydrogens (tertiary/aromatic N) is 3. The molecular formula is C11H10F2N4O4S. The molecule has 0 amide bonds. The lowest BCUT2D eigenvalue weighted by Gasteiger charge is -2.05. The predicted octanol–water partition coefficient (Wildman–Crippen LogP) is 0.530. The number of methoxy groups -OCH3 is 1. The molecule has 118 valence electrons. The molecule has 0 spiro atoms. The quantitative estimate of drug-likeness (QED) is 0.801. The summed E-state index contributed by atoms with van der Waals surface area (Å²) < 4.78 is 57.6. The lowest BCUT2D eigenvalue weighted by atomic mass is 10.3. The first kappa shape index (κ1) is 15.8. The van der Waals surface area contributed by atoms with Gasteiger partial charge in [-0.2, -0.15) is 4.98 Å². The number of nitrogens with one attached hydrogen (secondary N) is 1. The summed E-state index contributed by atoms with van der Waals surface area (Å²) >= 11 is 0. The van der Waals surface area contributed by atoms with Gasteiger partial charge in [-0.15, -0.1) is 5.10 Å². The lowest BCUT2D eigenvalue weighted by molar-refractivity contribution is -0.141. The van der Waals surface area contributed by atoms with Crippen LogP contribution in [0.25, 0.3) is 0 Å². The fourth-order valence-electron chi connectivity index (χ4n) is 1.48. The molecule has 0 atom stereocenters. The molecule has 0 saturated carbocycles. The number of hydrogen-bond acceptors (Lipinski definition) is 6. The maximum atomic E-state index is 13.5. The Morgan fingerprint density at radius 1 is 1.41 bits per heavy atom. The molecule has 0 aliphatic heterocycles. The highest BCUT2D eigenvalue weighted by atomic mass is 32.2. The summed E-state index contributed by atoms with van der Waals surface area (Å²) in [7, 11) is -3.15. The molecule has 8 nitrogen and oxygen atoms in total. The number of anilines is 1. The van der Waals surface area contributed by atoms with E-state index in [1.54, 1.807) is 0 Å². The molecule has 0 radical (unpaired) electrons. The van der Waals surface area contributed by atoms with Crippen LogP contribution in [0.5, 0.6) is 0 Å². The standard InChI is InChI=1S/C11H10F2N4O4S/c1-21-10(18)5-17-6-14-11(15-17)16-22(19,20)9-3-2-7(12)4-8(9)13/h2-4,6H,5H2,1H3,(H,15,16). The monoisotopic (exact) mass is 332 g/mol. The number of hydrogen-bond donors (Lipinski definition) is 1. The van der Waals surface area contributed by atoms with E-state index in [0.717, 1.165) is 23.1 Å². The number of esters is 1. The van der Waals surface area contributed by atoms with Crippen LogP contribution in [0.1, 0.15) is 0 Å². The van der Waals surface area contributed by atoms with E-state index in [1.165, 1.54) is 7.11 Å². The SMILES string of the molecule is COC(=O)Cn1cnc(NS(=O)(=O)c2ccc(F)cc2F)n1. The van der Waals surface area contributed by atoms with Crippen molar-refractivity contribution in [3.05, 3.63) is 36.2 Å². The Morgan fingerprint density at radius 3 is 2.77 bits per heavy atom. The normalized spacial score (nSPS) is 11.2. The highest BCUT2D eigenvalue weighted by molar-refractivity contribution is 7.92. The third kappa shape index (κ3) is 3.55. The van der Waals surface area contributed by atoms with Gasteiger partial charge in [0.25, 0.3) is 16.0 Å². The molecule has 22 heavy (non-hydrogen) atoms. The Kier molecular flexibility index (Phi) is 4.35. The number of halogens is 2. The van der Waals surface area contributed by atoms with E-state index in [2.05, 4.69) is 14.8 Å². The molecule has 2 rings (SSSR count). The van der Waals surface area contributed by atoms with E-state index in [1.807, 2.05) is 4.72 Å². The van der Waals surface area contributed by atoms with E-state index < -0.39 is 32.5 Å². The van der Waals surface area contributed by atoms with Crippen LogP contribution in [0.4, 0.5) is 14.7 Å². The van der Waals surface area contributed by atoms with Gasteiger partial charge in [0.05, 0.1) is 7.11 Å². The summed E-state index contributed by atoms with van der Waals surface area (Å²) in [6.45, 7) is -0.268. The number of aromatic nitrogens is 3. The summed E-state index contributed by atoms with van der Waals surface area (Å²) in [5, 5.41) is 3.67. The van der Waals surface area contributed by atoms with E-state index >= 15 is 0 Å². The second-order valence-electron chi connectivity index (χ2n) is 4.02. The van der Waals surface area contributed by atoms with Crippen molar-refractivity contribution in [2.75, 3.05) is 11.8 Å². The van der Waals surface area contributed by atoms with Crippen LogP contribution < -0.4 is 4.72 Å². The zero-order valence-corrected chi connectivity index (χ0v) is 12.0. The van der Waals surface area contributed by atoms with E-state index in [0.29, 0.717) is 6.07 Å². The van der Waals surface area contributed by atoms with Crippen molar-refractivity contribution in [1.82, 2.24) is 14.8 Å². The Bertz CT molecular complexity index is 806. The van der Waals surface area contributed by atoms with Crippen molar-refractivity contribution in [3.63, 3.8) is 0 Å². The molecule has 0 aliphatic rings. The number of sulfonamides is 1. The summed E-state index contributed by atoms with van der Waals surface area (Å²) in [5.41, 5.74) is 0. The first-order valence-electron chi connectivity index (χ1n) is 5.76. The fraction of sp³-hybridized carbons (Fsp3) is 0.182. The second kappa shape index (κ2) is 6.05.